The predicted octanol–water partition coefficient (Wildman–Crippen LogP) is 1.01. The van der Waals surface area contributed by atoms with E-state index in [0.29, 0.717) is 6.54 Å². The molecule has 1 aromatic rings. The molecule has 0 aliphatic heterocycles. The van der Waals surface area contributed by atoms with E-state index in [1.54, 1.807) is 20.8 Å². The van der Waals surface area contributed by atoms with Crippen LogP contribution in [-0.4, -0.2) is 64.2 Å². The van der Waals surface area contributed by atoms with Gasteiger partial charge >= 0.3 is 138 Å². The molecule has 7 nitrogen and oxygen atoms in total. The van der Waals surface area contributed by atoms with Crippen LogP contribution in [0.25, 0.3) is 0 Å². The number of nitrogens with one attached hydrogen (secondary N) is 2. The molecule has 0 saturated carbocycles. The Bertz CT molecular complexity index is 587. The number of carbonyl (C=O) groups excluding carboxylic acids is 3. The van der Waals surface area contributed by atoms with E-state index in [1.165, 1.54) is 3.61 Å². The van der Waals surface area contributed by atoms with Crippen LogP contribution in [0.15, 0.2) is 30.3 Å². The monoisotopic (exact) mass is 480 g/mol. The van der Waals surface area contributed by atoms with Gasteiger partial charge in [-0.3, -0.25) is 0 Å². The summed E-state index contributed by atoms with van der Waals surface area (Å²) in [7, 11) is 0. The summed E-state index contributed by atoms with van der Waals surface area (Å²) in [5.41, 5.74) is -0.642. The summed E-state index contributed by atoms with van der Waals surface area (Å²) in [6, 6.07) is 10.3. The second-order valence-electron chi connectivity index (χ2n) is 6.38. The number of rotatable bonds is 9. The molecule has 0 radical (unpaired) electrons. The Balaban J connectivity index is 2.05. The SMILES string of the molecule is CC(C)(C)OC(=O)NCC(=O)OCC(=O)NCCC[Te]c1ccccc1. The van der Waals surface area contributed by atoms with Crippen molar-refractivity contribution in [1.29, 1.82) is 0 Å². The Labute approximate surface area is 164 Å². The Kier molecular flexibility index (Phi) is 10.1. The van der Waals surface area contributed by atoms with E-state index >= 15 is 0 Å². The summed E-state index contributed by atoms with van der Waals surface area (Å²) in [5, 5.41) is 4.99. The van der Waals surface area contributed by atoms with Gasteiger partial charge in [-0.05, 0) is 20.8 Å². The Morgan fingerprint density at radius 1 is 1.08 bits per heavy atom. The summed E-state index contributed by atoms with van der Waals surface area (Å²) >= 11 is -0.216. The fourth-order valence-corrected chi connectivity index (χ4v) is 4.21. The molecule has 26 heavy (non-hydrogen) atoms. The number of hydrogen-bond acceptors (Lipinski definition) is 5. The Morgan fingerprint density at radius 2 is 1.77 bits per heavy atom. The molecule has 8 heteroatoms. The third-order valence-electron chi connectivity index (χ3n) is 2.80. The number of hydrogen-bond donors (Lipinski definition) is 2. The second kappa shape index (κ2) is 11.8. The normalized spacial score (nSPS) is 10.7. The van der Waals surface area contributed by atoms with E-state index in [9.17, 15) is 14.4 Å². The fraction of sp³-hybridized carbons (Fsp3) is 0.500. The molecule has 2 amide bonds. The van der Waals surface area contributed by atoms with Crippen molar-refractivity contribution in [2.24, 2.45) is 0 Å². The summed E-state index contributed by atoms with van der Waals surface area (Å²) in [6.45, 7) is 5.02. The molecule has 1 aromatic carbocycles. The molecule has 0 atom stereocenters. The van der Waals surface area contributed by atoms with Gasteiger partial charge in [-0.2, -0.15) is 0 Å². The predicted molar refractivity (Wildman–Crippen MR) is 99.5 cm³/mol. The number of esters is 1. The third-order valence-corrected chi connectivity index (χ3v) is 5.93. The van der Waals surface area contributed by atoms with Crippen molar-refractivity contribution in [2.45, 2.75) is 37.3 Å². The molecule has 1 rings (SSSR count). The molecule has 144 valence electrons. The summed E-state index contributed by atoms with van der Waals surface area (Å²) in [5.74, 6) is -1.04. The standard InChI is InChI=1S/C18H26N2O5Te/c1-18(2,3)25-17(23)20-12-16(22)24-13-15(21)19-10-7-11-26-14-8-5-4-6-9-14/h4-6,8-9H,7,10-13H2,1-3H3,(H,19,21)(H,20,23). The number of carbonyl (C=O) groups is 3. The van der Waals surface area contributed by atoms with Crippen LogP contribution in [0.4, 0.5) is 4.79 Å². The molecular formula is C18H26N2O5Te. The zero-order chi connectivity index (χ0) is 19.4. The van der Waals surface area contributed by atoms with Gasteiger partial charge in [0.15, 0.2) is 0 Å². The van der Waals surface area contributed by atoms with Crippen molar-refractivity contribution in [3.05, 3.63) is 30.3 Å². The number of ether oxygens (including phenoxy) is 2. The first-order valence-corrected chi connectivity index (χ1v) is 11.1. The minimum atomic E-state index is -0.707. The van der Waals surface area contributed by atoms with Crippen LogP contribution in [-0.2, 0) is 19.1 Å². The van der Waals surface area contributed by atoms with Gasteiger partial charge in [0.05, 0.1) is 0 Å². The summed E-state index contributed by atoms with van der Waals surface area (Å²) in [4.78, 5) is 34.5. The molecule has 0 fully saturated rings. The molecule has 0 spiro atoms. The van der Waals surface area contributed by atoms with Crippen LogP contribution in [0.1, 0.15) is 27.2 Å². The average molecular weight is 478 g/mol. The maximum atomic E-state index is 11.6. The van der Waals surface area contributed by atoms with Gasteiger partial charge in [0.2, 0.25) is 0 Å². The number of amides is 2. The molecule has 0 aliphatic rings. The van der Waals surface area contributed by atoms with Crippen LogP contribution >= 0.6 is 0 Å². The van der Waals surface area contributed by atoms with Gasteiger partial charge in [-0.1, -0.05) is 0 Å². The molecule has 0 heterocycles. The zero-order valence-corrected chi connectivity index (χ0v) is 17.7. The van der Waals surface area contributed by atoms with Crippen molar-refractivity contribution < 1.29 is 23.9 Å². The van der Waals surface area contributed by atoms with Crippen molar-refractivity contribution in [3.63, 3.8) is 0 Å². The third kappa shape index (κ3) is 11.7. The number of benzene rings is 1. The first-order valence-electron chi connectivity index (χ1n) is 8.33. The van der Waals surface area contributed by atoms with E-state index in [4.69, 9.17) is 9.47 Å². The second-order valence-corrected chi connectivity index (χ2v) is 9.72. The molecule has 2 N–H and O–H groups in total. The fourth-order valence-electron chi connectivity index (χ4n) is 1.71. The minimum absolute atomic E-state index is 0.216. The van der Waals surface area contributed by atoms with Crippen LogP contribution in [0.3, 0.4) is 0 Å². The molecule has 0 unspecified atom stereocenters. The van der Waals surface area contributed by atoms with Crippen LogP contribution in [0.5, 0.6) is 0 Å². The van der Waals surface area contributed by atoms with Gasteiger partial charge in [0, 0.05) is 0 Å². The van der Waals surface area contributed by atoms with Crippen molar-refractivity contribution in [1.82, 2.24) is 10.6 Å². The average Bonchev–Trinajstić information content (AvgIpc) is 2.57. The number of alkyl carbamates (subject to hydrolysis) is 1. The zero-order valence-electron chi connectivity index (χ0n) is 15.4. The summed E-state index contributed by atoms with van der Waals surface area (Å²) < 4.78 is 12.3. The van der Waals surface area contributed by atoms with E-state index in [-0.39, 0.29) is 40.0 Å². The molecule has 0 bridgehead atoms. The van der Waals surface area contributed by atoms with Crippen molar-refractivity contribution in [2.75, 3.05) is 19.7 Å². The van der Waals surface area contributed by atoms with Crippen molar-refractivity contribution in [3.8, 4) is 0 Å². The van der Waals surface area contributed by atoms with E-state index in [0.717, 1.165) is 10.9 Å². The van der Waals surface area contributed by atoms with E-state index < -0.39 is 17.7 Å². The quantitative estimate of drug-likeness (QED) is 0.314. The van der Waals surface area contributed by atoms with E-state index in [2.05, 4.69) is 22.8 Å². The van der Waals surface area contributed by atoms with Crippen molar-refractivity contribution >= 4 is 42.5 Å². The topological polar surface area (TPSA) is 93.7 Å². The van der Waals surface area contributed by atoms with Gasteiger partial charge in [0.25, 0.3) is 0 Å². The first-order chi connectivity index (χ1) is 12.3. The summed E-state index contributed by atoms with van der Waals surface area (Å²) in [6.07, 6.45) is 0.193. The van der Waals surface area contributed by atoms with Crippen LogP contribution in [0.2, 0.25) is 4.47 Å². The van der Waals surface area contributed by atoms with Gasteiger partial charge in [-0.25, -0.2) is 0 Å². The Hall–Kier alpha value is -1.78. The van der Waals surface area contributed by atoms with Gasteiger partial charge in [-0.15, -0.1) is 0 Å². The Morgan fingerprint density at radius 3 is 2.42 bits per heavy atom. The molecular weight excluding hydrogens is 452 g/mol. The molecule has 0 aliphatic carbocycles. The van der Waals surface area contributed by atoms with Gasteiger partial charge < -0.3 is 0 Å². The molecule has 0 aromatic heterocycles. The van der Waals surface area contributed by atoms with E-state index in [1.807, 2.05) is 18.2 Å². The van der Waals surface area contributed by atoms with Crippen LogP contribution in [0, 0.1) is 0 Å². The molecule has 0 saturated heterocycles. The first kappa shape index (κ1) is 22.3. The maximum absolute atomic E-state index is 11.6. The van der Waals surface area contributed by atoms with Crippen LogP contribution < -0.4 is 14.2 Å². The van der Waals surface area contributed by atoms with Gasteiger partial charge in [0.1, 0.15) is 5.60 Å².